The van der Waals surface area contributed by atoms with Crippen molar-refractivity contribution in [3.63, 3.8) is 0 Å². The zero-order chi connectivity index (χ0) is 18.7. The van der Waals surface area contributed by atoms with E-state index >= 15 is 0 Å². The molecule has 1 aliphatic rings. The first-order chi connectivity index (χ1) is 12.4. The van der Waals surface area contributed by atoms with Gasteiger partial charge in [-0.2, -0.15) is 0 Å². The highest BCUT2D eigenvalue weighted by Crippen LogP contribution is 2.49. The second kappa shape index (κ2) is 7.30. The minimum absolute atomic E-state index is 0.185. The van der Waals surface area contributed by atoms with Crippen molar-refractivity contribution in [1.29, 1.82) is 0 Å². The fourth-order valence-electron chi connectivity index (χ4n) is 2.80. The Balaban J connectivity index is 1.60. The van der Waals surface area contributed by atoms with Gasteiger partial charge in [-0.1, -0.05) is 23.7 Å². The van der Waals surface area contributed by atoms with Crippen LogP contribution in [-0.2, 0) is 19.7 Å². The smallest absolute Gasteiger partial charge is 0.317 e. The van der Waals surface area contributed by atoms with Crippen LogP contribution in [0.3, 0.4) is 0 Å². The van der Waals surface area contributed by atoms with Crippen LogP contribution in [0.1, 0.15) is 35.7 Å². The summed E-state index contributed by atoms with van der Waals surface area (Å²) in [4.78, 5) is 35.7. The van der Waals surface area contributed by atoms with Gasteiger partial charge in [0.25, 0.3) is 0 Å². The number of hydrogen-bond donors (Lipinski definition) is 1. The molecule has 1 amide bonds. The van der Waals surface area contributed by atoms with Gasteiger partial charge in [0.1, 0.15) is 0 Å². The molecule has 26 heavy (non-hydrogen) atoms. The van der Waals surface area contributed by atoms with Crippen LogP contribution in [0.2, 0.25) is 5.02 Å². The number of carbonyl (C=O) groups excluding carboxylic acids is 3. The molecule has 0 heterocycles. The number of ether oxygens (including phenoxy) is 1. The van der Waals surface area contributed by atoms with Crippen molar-refractivity contribution in [1.82, 2.24) is 0 Å². The van der Waals surface area contributed by atoms with Gasteiger partial charge < -0.3 is 10.1 Å². The van der Waals surface area contributed by atoms with E-state index in [-0.39, 0.29) is 24.3 Å². The van der Waals surface area contributed by atoms with Crippen molar-refractivity contribution >= 4 is 34.9 Å². The molecule has 0 unspecified atom stereocenters. The summed E-state index contributed by atoms with van der Waals surface area (Å²) in [7, 11) is 0. The van der Waals surface area contributed by atoms with Crippen LogP contribution in [0.15, 0.2) is 48.5 Å². The predicted octanol–water partition coefficient (Wildman–Crippen LogP) is 3.76. The summed E-state index contributed by atoms with van der Waals surface area (Å²) < 4.78 is 5.27. The lowest BCUT2D eigenvalue weighted by Gasteiger charge is -2.14. The number of amides is 1. The topological polar surface area (TPSA) is 72.5 Å². The Morgan fingerprint density at radius 3 is 2.19 bits per heavy atom. The summed E-state index contributed by atoms with van der Waals surface area (Å²) in [6, 6.07) is 13.6. The fourth-order valence-corrected chi connectivity index (χ4v) is 2.93. The number of carbonyl (C=O) groups is 3. The van der Waals surface area contributed by atoms with Crippen molar-refractivity contribution in [2.75, 3.05) is 11.9 Å². The lowest BCUT2D eigenvalue weighted by molar-refractivity contribution is -0.145. The second-order valence-electron chi connectivity index (χ2n) is 6.35. The van der Waals surface area contributed by atoms with Gasteiger partial charge >= 0.3 is 5.97 Å². The van der Waals surface area contributed by atoms with E-state index in [2.05, 4.69) is 5.32 Å². The molecule has 0 aromatic heterocycles. The molecule has 0 saturated heterocycles. The van der Waals surface area contributed by atoms with Crippen molar-refractivity contribution in [2.24, 2.45) is 0 Å². The fraction of sp³-hybridized carbons (Fsp3) is 0.250. The second-order valence-corrected chi connectivity index (χ2v) is 6.78. The normalized spacial score (nSPS) is 14.4. The Labute approximate surface area is 156 Å². The van der Waals surface area contributed by atoms with Crippen LogP contribution in [0.4, 0.5) is 5.69 Å². The average Bonchev–Trinajstić information content (AvgIpc) is 3.42. The number of ketones is 1. The van der Waals surface area contributed by atoms with Crippen molar-refractivity contribution in [3.8, 4) is 0 Å². The summed E-state index contributed by atoms with van der Waals surface area (Å²) in [6.07, 6.45) is 1.40. The summed E-state index contributed by atoms with van der Waals surface area (Å²) in [6.45, 7) is 1.10. The highest BCUT2D eigenvalue weighted by molar-refractivity contribution is 6.30. The van der Waals surface area contributed by atoms with Crippen molar-refractivity contribution < 1.29 is 19.1 Å². The van der Waals surface area contributed by atoms with Crippen LogP contribution in [0.5, 0.6) is 0 Å². The Morgan fingerprint density at radius 1 is 1.04 bits per heavy atom. The van der Waals surface area contributed by atoms with E-state index in [0.717, 1.165) is 5.56 Å². The van der Waals surface area contributed by atoms with E-state index in [9.17, 15) is 14.4 Å². The van der Waals surface area contributed by atoms with E-state index in [0.29, 0.717) is 29.1 Å². The van der Waals surface area contributed by atoms with Crippen LogP contribution in [-0.4, -0.2) is 24.3 Å². The zero-order valence-electron chi connectivity index (χ0n) is 14.3. The number of hydrogen-bond acceptors (Lipinski definition) is 4. The third-order valence-electron chi connectivity index (χ3n) is 4.40. The molecule has 2 aromatic carbocycles. The van der Waals surface area contributed by atoms with Gasteiger partial charge in [0.2, 0.25) is 5.91 Å². The Kier molecular flexibility index (Phi) is 5.09. The number of rotatable bonds is 6. The maximum absolute atomic E-state index is 12.5. The van der Waals surface area contributed by atoms with Crippen LogP contribution < -0.4 is 5.32 Å². The molecule has 0 spiro atoms. The van der Waals surface area contributed by atoms with Gasteiger partial charge in [0, 0.05) is 23.2 Å². The van der Waals surface area contributed by atoms with Gasteiger partial charge in [-0.05, 0) is 54.8 Å². The van der Waals surface area contributed by atoms with E-state index in [1.807, 2.05) is 12.1 Å². The SMILES string of the molecule is CC(=O)Nc1ccc(C(=O)COC(=O)C2(c3ccc(Cl)cc3)CC2)cc1. The first-order valence-electron chi connectivity index (χ1n) is 8.25. The van der Waals surface area contributed by atoms with E-state index in [1.54, 1.807) is 36.4 Å². The summed E-state index contributed by atoms with van der Waals surface area (Å²) >= 11 is 5.89. The van der Waals surface area contributed by atoms with E-state index < -0.39 is 5.41 Å². The molecule has 3 rings (SSSR count). The largest absolute Gasteiger partial charge is 0.457 e. The van der Waals surface area contributed by atoms with Crippen molar-refractivity contribution in [2.45, 2.75) is 25.2 Å². The molecule has 0 bridgehead atoms. The Hall–Kier alpha value is -2.66. The Bertz CT molecular complexity index is 839. The lowest BCUT2D eigenvalue weighted by atomic mass is 9.96. The van der Waals surface area contributed by atoms with Gasteiger partial charge in [0.05, 0.1) is 5.41 Å². The molecule has 5 nitrogen and oxygen atoms in total. The third-order valence-corrected chi connectivity index (χ3v) is 4.65. The number of esters is 1. The lowest BCUT2D eigenvalue weighted by Crippen LogP contribution is -2.25. The molecule has 6 heteroatoms. The number of halogens is 1. The maximum atomic E-state index is 12.5. The molecule has 1 fully saturated rings. The van der Waals surface area contributed by atoms with Crippen LogP contribution in [0.25, 0.3) is 0 Å². The van der Waals surface area contributed by atoms with Gasteiger partial charge in [-0.25, -0.2) is 0 Å². The molecule has 1 aliphatic carbocycles. The number of anilines is 1. The monoisotopic (exact) mass is 371 g/mol. The number of nitrogens with one attached hydrogen (secondary N) is 1. The van der Waals surface area contributed by atoms with Gasteiger partial charge in [-0.15, -0.1) is 0 Å². The first kappa shape index (κ1) is 18.1. The molecular weight excluding hydrogens is 354 g/mol. The zero-order valence-corrected chi connectivity index (χ0v) is 15.0. The predicted molar refractivity (Wildman–Crippen MR) is 98.4 cm³/mol. The molecule has 0 radical (unpaired) electrons. The average molecular weight is 372 g/mol. The van der Waals surface area contributed by atoms with Crippen LogP contribution in [0, 0.1) is 0 Å². The van der Waals surface area contributed by atoms with Crippen LogP contribution >= 0.6 is 11.6 Å². The third kappa shape index (κ3) is 3.94. The molecule has 134 valence electrons. The number of benzene rings is 2. The summed E-state index contributed by atoms with van der Waals surface area (Å²) in [5.74, 6) is -0.863. The van der Waals surface area contributed by atoms with E-state index in [4.69, 9.17) is 16.3 Å². The minimum Gasteiger partial charge on any atom is -0.457 e. The molecule has 1 saturated carbocycles. The molecular formula is C20H18ClNO4. The quantitative estimate of drug-likeness (QED) is 0.620. The molecule has 1 N–H and O–H groups in total. The van der Waals surface area contributed by atoms with E-state index in [1.165, 1.54) is 6.92 Å². The summed E-state index contributed by atoms with van der Waals surface area (Å²) in [5, 5.41) is 3.23. The minimum atomic E-state index is -0.653. The number of Topliss-reactive ketones (excluding diaryl/α,β-unsaturated/α-hetero) is 1. The van der Waals surface area contributed by atoms with Crippen molar-refractivity contribution in [3.05, 3.63) is 64.7 Å². The molecule has 0 atom stereocenters. The standard InChI is InChI=1S/C20H18ClNO4/c1-13(23)22-17-8-2-14(3-9-17)18(24)12-26-19(25)20(10-11-20)15-4-6-16(21)7-5-15/h2-9H,10-12H2,1H3,(H,22,23). The molecule has 2 aromatic rings. The Morgan fingerprint density at radius 2 is 1.65 bits per heavy atom. The highest BCUT2D eigenvalue weighted by Gasteiger charge is 2.52. The maximum Gasteiger partial charge on any atom is 0.317 e. The van der Waals surface area contributed by atoms with Gasteiger partial charge in [-0.3, -0.25) is 14.4 Å². The highest BCUT2D eigenvalue weighted by atomic mass is 35.5. The molecule has 0 aliphatic heterocycles. The summed E-state index contributed by atoms with van der Waals surface area (Å²) in [5.41, 5.74) is 1.23. The van der Waals surface area contributed by atoms with Gasteiger partial charge in [0.15, 0.2) is 12.4 Å². The first-order valence-corrected chi connectivity index (χ1v) is 8.63.